The highest BCUT2D eigenvalue weighted by atomic mass is 79.9. The van der Waals surface area contributed by atoms with E-state index in [2.05, 4.69) is 32.3 Å². The van der Waals surface area contributed by atoms with Gasteiger partial charge in [-0.15, -0.1) is 0 Å². The lowest BCUT2D eigenvalue weighted by Crippen LogP contribution is -2.12. The number of hydrogen-bond acceptors (Lipinski definition) is 4. The number of hydrogen-bond donors (Lipinski definition) is 2. The molecule has 96 valence electrons. The predicted molar refractivity (Wildman–Crippen MR) is 76.5 cm³/mol. The summed E-state index contributed by atoms with van der Waals surface area (Å²) in [4.78, 5) is 3.90. The lowest BCUT2D eigenvalue weighted by atomic mass is 10.1. The molecular formula is C14H12BrN3O. The summed E-state index contributed by atoms with van der Waals surface area (Å²) in [7, 11) is 0. The molecule has 0 radical (unpaired) electrons. The van der Waals surface area contributed by atoms with Gasteiger partial charge in [0.05, 0.1) is 17.4 Å². The minimum absolute atomic E-state index is 0.334. The largest absolute Gasteiger partial charge is 0.387 e. The Labute approximate surface area is 119 Å². The fourth-order valence-corrected chi connectivity index (χ4v) is 2.03. The number of benzene rings is 1. The molecule has 19 heavy (non-hydrogen) atoms. The van der Waals surface area contributed by atoms with Crippen LogP contribution in [0, 0.1) is 11.3 Å². The summed E-state index contributed by atoms with van der Waals surface area (Å²) in [5, 5.41) is 22.1. The highest BCUT2D eigenvalue weighted by Crippen LogP contribution is 2.21. The van der Waals surface area contributed by atoms with Crippen molar-refractivity contribution >= 4 is 21.6 Å². The SMILES string of the molecule is N#Cc1cc(Br)ccc1NC[C@H](O)c1ccncc1. The second-order valence-corrected chi connectivity index (χ2v) is 4.89. The molecule has 0 bridgehead atoms. The molecule has 0 amide bonds. The smallest absolute Gasteiger partial charge is 0.101 e. The van der Waals surface area contributed by atoms with Gasteiger partial charge in [0.2, 0.25) is 0 Å². The van der Waals surface area contributed by atoms with Gasteiger partial charge >= 0.3 is 0 Å². The van der Waals surface area contributed by atoms with Crippen molar-refractivity contribution in [1.29, 1.82) is 5.26 Å². The molecule has 4 nitrogen and oxygen atoms in total. The topological polar surface area (TPSA) is 68.9 Å². The van der Waals surface area contributed by atoms with Crippen LogP contribution in [0.3, 0.4) is 0 Å². The maximum Gasteiger partial charge on any atom is 0.101 e. The minimum Gasteiger partial charge on any atom is -0.387 e. The van der Waals surface area contributed by atoms with Crippen molar-refractivity contribution < 1.29 is 5.11 Å². The van der Waals surface area contributed by atoms with Crippen LogP contribution in [-0.2, 0) is 0 Å². The lowest BCUT2D eigenvalue weighted by molar-refractivity contribution is 0.191. The van der Waals surface area contributed by atoms with Gasteiger partial charge < -0.3 is 10.4 Å². The first-order valence-corrected chi connectivity index (χ1v) is 6.51. The molecule has 0 spiro atoms. The summed E-state index contributed by atoms with van der Waals surface area (Å²) in [5.41, 5.74) is 2.04. The lowest BCUT2D eigenvalue weighted by Gasteiger charge is -2.14. The van der Waals surface area contributed by atoms with Gasteiger partial charge in [0.1, 0.15) is 6.07 Å². The monoisotopic (exact) mass is 317 g/mol. The van der Waals surface area contributed by atoms with Crippen molar-refractivity contribution in [2.75, 3.05) is 11.9 Å². The maximum atomic E-state index is 10.0. The number of aliphatic hydroxyl groups is 1. The van der Waals surface area contributed by atoms with Crippen LogP contribution in [-0.4, -0.2) is 16.6 Å². The molecule has 0 fully saturated rings. The molecule has 0 aliphatic rings. The molecule has 0 saturated heterocycles. The molecule has 1 aromatic heterocycles. The number of aromatic nitrogens is 1. The van der Waals surface area contributed by atoms with Crippen LogP contribution in [0.2, 0.25) is 0 Å². The fourth-order valence-electron chi connectivity index (χ4n) is 1.67. The van der Waals surface area contributed by atoms with E-state index in [0.717, 1.165) is 10.0 Å². The molecule has 1 aromatic carbocycles. The van der Waals surface area contributed by atoms with Crippen LogP contribution in [0.1, 0.15) is 17.2 Å². The first-order valence-electron chi connectivity index (χ1n) is 5.72. The van der Waals surface area contributed by atoms with Crippen LogP contribution in [0.15, 0.2) is 47.2 Å². The molecule has 0 aliphatic carbocycles. The summed E-state index contributed by atoms with van der Waals surface area (Å²) in [5.74, 6) is 0. The Bertz CT molecular complexity index is 595. The van der Waals surface area contributed by atoms with E-state index in [4.69, 9.17) is 5.26 Å². The van der Waals surface area contributed by atoms with E-state index in [1.54, 1.807) is 30.6 Å². The molecule has 1 atom stereocenters. The van der Waals surface area contributed by atoms with Crippen LogP contribution in [0.4, 0.5) is 5.69 Å². The highest BCUT2D eigenvalue weighted by Gasteiger charge is 2.08. The Kier molecular flexibility index (Phi) is 4.50. The van der Waals surface area contributed by atoms with Crippen LogP contribution >= 0.6 is 15.9 Å². The van der Waals surface area contributed by atoms with Crippen LogP contribution < -0.4 is 5.32 Å². The van der Waals surface area contributed by atoms with Gasteiger partial charge in [-0.05, 0) is 35.9 Å². The van der Waals surface area contributed by atoms with Gasteiger partial charge in [-0.3, -0.25) is 4.98 Å². The van der Waals surface area contributed by atoms with Gasteiger partial charge in [-0.1, -0.05) is 15.9 Å². The Hall–Kier alpha value is -1.90. The van der Waals surface area contributed by atoms with E-state index >= 15 is 0 Å². The fraction of sp³-hybridized carbons (Fsp3) is 0.143. The zero-order valence-corrected chi connectivity index (χ0v) is 11.6. The molecule has 0 aliphatic heterocycles. The third kappa shape index (κ3) is 3.53. The summed E-state index contributed by atoms with van der Waals surface area (Å²) in [6.45, 7) is 0.334. The molecule has 0 unspecified atom stereocenters. The zero-order chi connectivity index (χ0) is 13.7. The first kappa shape index (κ1) is 13.5. The Morgan fingerprint density at radius 1 is 1.32 bits per heavy atom. The Balaban J connectivity index is 2.05. The van der Waals surface area contributed by atoms with Crippen molar-refractivity contribution in [2.45, 2.75) is 6.10 Å². The molecule has 5 heteroatoms. The number of halogens is 1. The van der Waals surface area contributed by atoms with Crippen molar-refractivity contribution in [3.8, 4) is 6.07 Å². The average molecular weight is 318 g/mol. The number of aliphatic hydroxyl groups excluding tert-OH is 1. The second kappa shape index (κ2) is 6.32. The standard InChI is InChI=1S/C14H12BrN3O/c15-12-1-2-13(11(7-12)8-16)18-9-14(19)10-3-5-17-6-4-10/h1-7,14,18-19H,9H2/t14-/m0/s1. The van der Waals surface area contributed by atoms with Crippen molar-refractivity contribution in [2.24, 2.45) is 0 Å². The second-order valence-electron chi connectivity index (χ2n) is 3.98. The average Bonchev–Trinajstić information content (AvgIpc) is 2.46. The number of nitrogens with one attached hydrogen (secondary N) is 1. The van der Waals surface area contributed by atoms with Crippen molar-refractivity contribution in [3.05, 3.63) is 58.3 Å². The first-order chi connectivity index (χ1) is 9.20. The summed E-state index contributed by atoms with van der Waals surface area (Å²) in [6, 6.07) is 11.0. The molecule has 2 rings (SSSR count). The summed E-state index contributed by atoms with van der Waals surface area (Å²) < 4.78 is 0.851. The van der Waals surface area contributed by atoms with E-state index in [1.807, 2.05) is 12.1 Å². The van der Waals surface area contributed by atoms with Crippen molar-refractivity contribution in [1.82, 2.24) is 4.98 Å². The molecule has 2 N–H and O–H groups in total. The number of anilines is 1. The van der Waals surface area contributed by atoms with E-state index in [1.165, 1.54) is 0 Å². The zero-order valence-electron chi connectivity index (χ0n) is 10.0. The highest BCUT2D eigenvalue weighted by molar-refractivity contribution is 9.10. The van der Waals surface area contributed by atoms with E-state index in [-0.39, 0.29) is 0 Å². The van der Waals surface area contributed by atoms with Gasteiger partial charge in [0.15, 0.2) is 0 Å². The predicted octanol–water partition coefficient (Wildman–Crippen LogP) is 2.86. The normalized spacial score (nSPS) is 11.6. The van der Waals surface area contributed by atoms with Crippen molar-refractivity contribution in [3.63, 3.8) is 0 Å². The van der Waals surface area contributed by atoms with Gasteiger partial charge in [-0.25, -0.2) is 0 Å². The van der Waals surface area contributed by atoms with E-state index in [0.29, 0.717) is 17.8 Å². The van der Waals surface area contributed by atoms with Crippen LogP contribution in [0.5, 0.6) is 0 Å². The molecular weight excluding hydrogens is 306 g/mol. The Morgan fingerprint density at radius 2 is 2.05 bits per heavy atom. The third-order valence-corrected chi connectivity index (χ3v) is 3.17. The van der Waals surface area contributed by atoms with Gasteiger partial charge in [0, 0.05) is 23.4 Å². The van der Waals surface area contributed by atoms with E-state index in [9.17, 15) is 5.11 Å². The number of nitriles is 1. The number of nitrogens with zero attached hydrogens (tertiary/aromatic N) is 2. The third-order valence-electron chi connectivity index (χ3n) is 2.68. The number of rotatable bonds is 4. The molecule has 2 aromatic rings. The maximum absolute atomic E-state index is 10.0. The quantitative estimate of drug-likeness (QED) is 0.909. The Morgan fingerprint density at radius 3 is 2.74 bits per heavy atom. The van der Waals surface area contributed by atoms with Gasteiger partial charge in [0.25, 0.3) is 0 Å². The van der Waals surface area contributed by atoms with E-state index < -0.39 is 6.10 Å². The molecule has 1 heterocycles. The van der Waals surface area contributed by atoms with Gasteiger partial charge in [-0.2, -0.15) is 5.26 Å². The summed E-state index contributed by atoms with van der Waals surface area (Å²) in [6.07, 6.45) is 2.64. The minimum atomic E-state index is -0.641. The van der Waals surface area contributed by atoms with Crippen LogP contribution in [0.25, 0.3) is 0 Å². The molecule has 0 saturated carbocycles. The number of pyridine rings is 1. The summed E-state index contributed by atoms with van der Waals surface area (Å²) >= 11 is 3.32.